The van der Waals surface area contributed by atoms with Gasteiger partial charge in [-0.15, -0.1) is 0 Å². The maximum absolute atomic E-state index is 14.4. The average molecular weight is 1130 g/mol. The molecule has 1 aromatic carbocycles. The van der Waals surface area contributed by atoms with E-state index in [4.69, 9.17) is 28.0 Å². The molecule has 0 unspecified atom stereocenters. The first kappa shape index (κ1) is 70.0. The minimum Gasteiger partial charge on any atom is -0.481 e. The normalized spacial score (nSPS) is 14.2. The zero-order valence-electron chi connectivity index (χ0n) is 45.3. The van der Waals surface area contributed by atoms with Gasteiger partial charge in [-0.2, -0.15) is 0 Å². The second kappa shape index (κ2) is 38.6. The Morgan fingerprint density at radius 3 is 1.46 bits per heavy atom. The van der Waals surface area contributed by atoms with Crippen LogP contribution in [0.2, 0.25) is 0 Å². The summed E-state index contributed by atoms with van der Waals surface area (Å²) in [6.07, 6.45) is -1.63. The molecule has 446 valence electrons. The van der Waals surface area contributed by atoms with Crippen LogP contribution in [-0.4, -0.2) is 181 Å². The van der Waals surface area contributed by atoms with Gasteiger partial charge in [0.05, 0.1) is 19.7 Å². The molecule has 0 spiro atoms. The van der Waals surface area contributed by atoms with E-state index >= 15 is 0 Å². The summed E-state index contributed by atoms with van der Waals surface area (Å²) in [4.78, 5) is 145. The first-order valence-electron chi connectivity index (χ1n) is 26.2. The zero-order valence-corrected chi connectivity index (χ0v) is 45.3. The van der Waals surface area contributed by atoms with E-state index < -0.39 is 152 Å². The van der Waals surface area contributed by atoms with Crippen LogP contribution in [0.25, 0.3) is 0 Å². The number of carbonyl (C=O) groups excluding carboxylic acids is 9. The number of amides is 9. The van der Waals surface area contributed by atoms with Gasteiger partial charge in [0.25, 0.3) is 5.91 Å². The highest BCUT2D eigenvalue weighted by Crippen LogP contribution is 2.11. The Morgan fingerprint density at radius 1 is 0.519 bits per heavy atom. The SMILES string of the molecule is CC(C)C[C@H](NC(=O)[C@H](CCCNC(N)N)NC(=O)[C@H](CCCNC(N)N)NC(=O)[C@H](CCCC[NH3+])NC(=O)[C@H](C)NC(=O)[C@H](CO)NC(=O)C[NH3+])C(=O)N[C@@H](Cc1ccccc1)C(=O)NCC(=O)N[C@@H](CCC(=O)O)C(=O)O. The zero-order chi connectivity index (χ0) is 59.6. The van der Waals surface area contributed by atoms with E-state index in [-0.39, 0.29) is 70.5 Å². The summed E-state index contributed by atoms with van der Waals surface area (Å²) in [5.74, 6) is -10.5. The number of hydrogen-bond acceptors (Lipinski definition) is 18. The van der Waals surface area contributed by atoms with Crippen molar-refractivity contribution in [2.24, 2.45) is 28.9 Å². The molecular formula is C48H87N17O14+2. The lowest BCUT2D eigenvalue weighted by atomic mass is 10.00. The molecule has 28 N–H and O–H groups in total. The summed E-state index contributed by atoms with van der Waals surface area (Å²) < 4.78 is 0. The summed E-state index contributed by atoms with van der Waals surface area (Å²) in [5, 5.41) is 56.3. The molecule has 31 nitrogen and oxygen atoms in total. The number of aliphatic hydroxyl groups is 1. The number of carbonyl (C=O) groups is 11. The van der Waals surface area contributed by atoms with Crippen LogP contribution in [-0.2, 0) is 59.2 Å². The van der Waals surface area contributed by atoms with Gasteiger partial charge in [-0.3, -0.25) is 58.6 Å². The highest BCUT2D eigenvalue weighted by Gasteiger charge is 2.34. The van der Waals surface area contributed by atoms with Crippen LogP contribution in [0.5, 0.6) is 0 Å². The lowest BCUT2D eigenvalue weighted by Gasteiger charge is -2.28. The number of nitrogens with one attached hydrogen (secondary N) is 11. The van der Waals surface area contributed by atoms with Crippen LogP contribution < -0.4 is 92.9 Å². The first-order chi connectivity index (χ1) is 37.3. The van der Waals surface area contributed by atoms with Crippen LogP contribution in [0.4, 0.5) is 0 Å². The smallest absolute Gasteiger partial charge is 0.326 e. The summed E-state index contributed by atoms with van der Waals surface area (Å²) in [5.41, 5.74) is 30.5. The van der Waals surface area contributed by atoms with Gasteiger partial charge in [0.1, 0.15) is 60.9 Å². The Balaban J connectivity index is 3.56. The fraction of sp³-hybridized carbons (Fsp3) is 0.646. The van der Waals surface area contributed by atoms with Gasteiger partial charge in [-0.05, 0) is 89.3 Å². The van der Waals surface area contributed by atoms with E-state index in [0.717, 1.165) is 0 Å². The number of carboxylic acids is 2. The Labute approximate surface area is 458 Å². The van der Waals surface area contributed by atoms with Crippen molar-refractivity contribution in [2.45, 2.75) is 152 Å². The van der Waals surface area contributed by atoms with Crippen molar-refractivity contribution in [3.63, 3.8) is 0 Å². The van der Waals surface area contributed by atoms with Gasteiger partial charge >= 0.3 is 11.9 Å². The van der Waals surface area contributed by atoms with Crippen LogP contribution >= 0.6 is 0 Å². The first-order valence-corrected chi connectivity index (χ1v) is 26.2. The van der Waals surface area contributed by atoms with E-state index in [0.29, 0.717) is 24.9 Å². The molecule has 0 heterocycles. The van der Waals surface area contributed by atoms with Gasteiger partial charge in [0.15, 0.2) is 6.54 Å². The van der Waals surface area contributed by atoms with Crippen molar-refractivity contribution in [2.75, 3.05) is 39.3 Å². The third-order valence-electron chi connectivity index (χ3n) is 11.8. The summed E-state index contributed by atoms with van der Waals surface area (Å²) in [6, 6.07) is -2.48. The molecule has 0 fully saturated rings. The van der Waals surface area contributed by atoms with E-state index in [2.05, 4.69) is 70.0 Å². The number of rotatable bonds is 41. The summed E-state index contributed by atoms with van der Waals surface area (Å²) in [6.45, 7) is 3.96. The van der Waals surface area contributed by atoms with Crippen molar-refractivity contribution >= 4 is 65.1 Å². The molecule has 0 aliphatic rings. The molecule has 1 aromatic rings. The monoisotopic (exact) mass is 1130 g/mol. The van der Waals surface area contributed by atoms with Crippen molar-refractivity contribution in [1.29, 1.82) is 0 Å². The molecular weight excluding hydrogens is 1040 g/mol. The number of quaternary nitrogens is 2. The van der Waals surface area contributed by atoms with Crippen LogP contribution in [0.3, 0.4) is 0 Å². The third kappa shape index (κ3) is 30.1. The molecule has 1 rings (SSSR count). The number of carboxylic acid groups (broad SMARTS) is 2. The Morgan fingerprint density at radius 2 is 0.987 bits per heavy atom. The lowest BCUT2D eigenvalue weighted by Crippen LogP contribution is -2.62. The third-order valence-corrected chi connectivity index (χ3v) is 11.8. The van der Waals surface area contributed by atoms with E-state index in [1.807, 2.05) is 0 Å². The molecule has 0 aromatic heterocycles. The van der Waals surface area contributed by atoms with Gasteiger partial charge in [-0.1, -0.05) is 44.2 Å². The lowest BCUT2D eigenvalue weighted by molar-refractivity contribution is -0.368. The maximum Gasteiger partial charge on any atom is 0.326 e. The second-order valence-corrected chi connectivity index (χ2v) is 19.1. The number of unbranched alkanes of at least 4 members (excludes halogenated alkanes) is 1. The molecule has 0 bridgehead atoms. The Hall–Kier alpha value is -6.97. The Kier molecular flexibility index (Phi) is 34.2. The topological polar surface area (TPSA) is 540 Å². The summed E-state index contributed by atoms with van der Waals surface area (Å²) >= 11 is 0. The van der Waals surface area contributed by atoms with Crippen molar-refractivity contribution < 1.29 is 79.5 Å². The van der Waals surface area contributed by atoms with Crippen LogP contribution in [0.15, 0.2) is 30.3 Å². The minimum atomic E-state index is -1.56. The van der Waals surface area contributed by atoms with Gasteiger partial charge in [-0.25, -0.2) is 4.79 Å². The number of aliphatic hydroxyl groups excluding tert-OH is 1. The fourth-order valence-corrected chi connectivity index (χ4v) is 7.53. The molecule has 0 saturated carbocycles. The molecule has 0 aliphatic carbocycles. The van der Waals surface area contributed by atoms with Gasteiger partial charge < -0.3 is 97.6 Å². The predicted octanol–water partition coefficient (Wildman–Crippen LogP) is -8.97. The van der Waals surface area contributed by atoms with Gasteiger partial charge in [0.2, 0.25) is 47.3 Å². The molecule has 31 heteroatoms. The van der Waals surface area contributed by atoms with E-state index in [1.165, 1.54) is 6.92 Å². The number of nitrogens with two attached hydrogens (primary N) is 4. The largest absolute Gasteiger partial charge is 0.481 e. The quantitative estimate of drug-likeness (QED) is 0.0214. The van der Waals surface area contributed by atoms with Crippen LogP contribution in [0.1, 0.15) is 90.5 Å². The van der Waals surface area contributed by atoms with Gasteiger partial charge in [0, 0.05) is 12.8 Å². The number of benzene rings is 1. The number of hydrogen-bond donors (Lipinski definition) is 20. The fourth-order valence-electron chi connectivity index (χ4n) is 7.53. The van der Waals surface area contributed by atoms with Crippen molar-refractivity contribution in [3.05, 3.63) is 35.9 Å². The molecule has 9 amide bonds. The molecule has 0 saturated heterocycles. The minimum absolute atomic E-state index is 0.0183. The number of aliphatic carboxylic acids is 2. The molecule has 0 aliphatic heterocycles. The highest BCUT2D eigenvalue weighted by molar-refractivity contribution is 5.98. The van der Waals surface area contributed by atoms with E-state index in [9.17, 15) is 63.0 Å². The standard InChI is InChI=1S/C48H85N17O14/c1-26(2)21-33(44(76)65-34(22-28-11-5-4-6-12-28)40(72)57-24-37(68)59-32(46(78)79)16-17-38(69)70)64-43(75)31(15-10-20-56-48(53)54)63-42(74)30(14-9-19-55-47(51)52)62-41(73)29(13-7-8-18-49)61-39(71)27(3)58-45(77)35(25-66)60-36(67)23-50/h4-6,11-12,26-27,29-35,47-48,55-56,66H,7-10,13-25,49-54H2,1-3H3,(H,57,72)(H,58,77)(H,59,68)(H,60,67)(H,61,71)(H,62,73)(H,63,74)(H,64,75)(H,65,76)(H,69,70)(H,78,79)/p+2/t27-,29-,30-,31-,32-,33-,34-,35-/m0/s1. The molecule has 8 atom stereocenters. The maximum atomic E-state index is 14.4. The Bertz CT molecular complexity index is 2120. The van der Waals surface area contributed by atoms with Crippen LogP contribution in [0, 0.1) is 5.92 Å². The molecule has 79 heavy (non-hydrogen) atoms. The highest BCUT2D eigenvalue weighted by atomic mass is 16.4. The predicted molar refractivity (Wildman–Crippen MR) is 283 cm³/mol. The molecule has 0 radical (unpaired) electrons. The van der Waals surface area contributed by atoms with E-state index in [1.54, 1.807) is 44.2 Å². The average Bonchev–Trinajstić information content (AvgIpc) is 3.38. The van der Waals surface area contributed by atoms with Crippen molar-refractivity contribution in [3.8, 4) is 0 Å². The second-order valence-electron chi connectivity index (χ2n) is 19.1. The van der Waals surface area contributed by atoms with Crippen molar-refractivity contribution in [1.82, 2.24) is 58.5 Å². The summed E-state index contributed by atoms with van der Waals surface area (Å²) in [7, 11) is 0.